The Bertz CT molecular complexity index is 644. The van der Waals surface area contributed by atoms with Crippen molar-refractivity contribution in [1.82, 2.24) is 9.97 Å². The highest BCUT2D eigenvalue weighted by Crippen LogP contribution is 2.36. The van der Waals surface area contributed by atoms with Gasteiger partial charge in [-0.25, -0.2) is 9.97 Å². The first-order valence-electron chi connectivity index (χ1n) is 8.02. The highest BCUT2D eigenvalue weighted by atomic mass is 16.5. The van der Waals surface area contributed by atoms with E-state index >= 15 is 0 Å². The number of ether oxygens (including phenoxy) is 1. The van der Waals surface area contributed by atoms with E-state index < -0.39 is 0 Å². The van der Waals surface area contributed by atoms with Crippen LogP contribution in [0, 0.1) is 12.3 Å². The molecule has 0 aliphatic rings. The van der Waals surface area contributed by atoms with Crippen molar-refractivity contribution >= 4 is 5.82 Å². The topological polar surface area (TPSA) is 60.2 Å². The number of hydrogen-bond acceptors (Lipinski definition) is 5. The largest absolute Gasteiger partial charge is 0.464 e. The number of aromatic nitrogens is 2. The zero-order valence-corrected chi connectivity index (χ0v) is 14.9. The zero-order valence-electron chi connectivity index (χ0n) is 14.9. The standard InChI is InChI=1S/C18H27N3O2/c1-7-13-8-9-14(23-13)17(18(3,4)5)21-15-10-12(2)19-16(20-15)11-22-6/h8-10,17H,7,11H2,1-6H3,(H,19,20,21). The number of nitrogens with one attached hydrogen (secondary N) is 1. The summed E-state index contributed by atoms with van der Waals surface area (Å²) >= 11 is 0. The molecule has 0 radical (unpaired) electrons. The van der Waals surface area contributed by atoms with Crippen LogP contribution in [0.3, 0.4) is 0 Å². The minimum atomic E-state index is -0.0247. The van der Waals surface area contributed by atoms with Crippen LogP contribution < -0.4 is 5.32 Å². The molecule has 0 aliphatic heterocycles. The van der Waals surface area contributed by atoms with Gasteiger partial charge in [0.05, 0.1) is 6.04 Å². The van der Waals surface area contributed by atoms with Crippen molar-refractivity contribution in [3.63, 3.8) is 0 Å². The molecule has 1 unspecified atom stereocenters. The SMILES string of the molecule is CCc1ccc(C(Nc2cc(C)nc(COC)n2)C(C)(C)C)o1. The average molecular weight is 317 g/mol. The number of rotatable bonds is 6. The molecule has 0 saturated carbocycles. The number of methoxy groups -OCH3 is 1. The Labute approximate surface area is 138 Å². The Morgan fingerprint density at radius 1 is 1.26 bits per heavy atom. The van der Waals surface area contributed by atoms with E-state index in [0.29, 0.717) is 12.4 Å². The van der Waals surface area contributed by atoms with E-state index in [0.717, 1.165) is 29.5 Å². The lowest BCUT2D eigenvalue weighted by molar-refractivity contribution is 0.177. The van der Waals surface area contributed by atoms with Gasteiger partial charge in [0.15, 0.2) is 5.82 Å². The summed E-state index contributed by atoms with van der Waals surface area (Å²) in [6, 6.07) is 6.05. The van der Waals surface area contributed by atoms with E-state index in [4.69, 9.17) is 9.15 Å². The maximum atomic E-state index is 5.97. The smallest absolute Gasteiger partial charge is 0.156 e. The normalized spacial score (nSPS) is 13.1. The Balaban J connectivity index is 2.31. The molecule has 5 nitrogen and oxygen atoms in total. The van der Waals surface area contributed by atoms with Crippen LogP contribution in [0.4, 0.5) is 5.82 Å². The summed E-state index contributed by atoms with van der Waals surface area (Å²) < 4.78 is 11.1. The second kappa shape index (κ2) is 7.13. The summed E-state index contributed by atoms with van der Waals surface area (Å²) in [7, 11) is 1.64. The van der Waals surface area contributed by atoms with Crippen molar-refractivity contribution in [2.75, 3.05) is 12.4 Å². The third-order valence-corrected chi connectivity index (χ3v) is 3.65. The van der Waals surface area contributed by atoms with Gasteiger partial charge in [-0.2, -0.15) is 0 Å². The van der Waals surface area contributed by atoms with Crippen molar-refractivity contribution in [2.24, 2.45) is 5.41 Å². The molecule has 0 spiro atoms. The molecule has 0 aliphatic carbocycles. The van der Waals surface area contributed by atoms with Crippen molar-refractivity contribution in [1.29, 1.82) is 0 Å². The second-order valence-electron chi connectivity index (χ2n) is 6.84. The molecule has 1 atom stereocenters. The molecule has 2 rings (SSSR count). The van der Waals surface area contributed by atoms with E-state index in [2.05, 4.69) is 43.0 Å². The molecule has 2 aromatic heterocycles. The predicted molar refractivity (Wildman–Crippen MR) is 91.4 cm³/mol. The summed E-state index contributed by atoms with van der Waals surface area (Å²) in [5, 5.41) is 3.51. The predicted octanol–water partition coefficient (Wildman–Crippen LogP) is 4.29. The van der Waals surface area contributed by atoms with Gasteiger partial charge in [-0.05, 0) is 24.5 Å². The lowest BCUT2D eigenvalue weighted by Gasteiger charge is -2.30. The summed E-state index contributed by atoms with van der Waals surface area (Å²) in [5.41, 5.74) is 0.888. The van der Waals surface area contributed by atoms with Crippen LogP contribution in [0.15, 0.2) is 22.6 Å². The Morgan fingerprint density at radius 3 is 2.57 bits per heavy atom. The minimum absolute atomic E-state index is 0.0208. The zero-order chi connectivity index (χ0) is 17.0. The van der Waals surface area contributed by atoms with Crippen molar-refractivity contribution in [3.05, 3.63) is 41.2 Å². The van der Waals surface area contributed by atoms with Gasteiger partial charge in [-0.15, -0.1) is 0 Å². The third-order valence-electron chi connectivity index (χ3n) is 3.65. The Hall–Kier alpha value is -1.88. The molecule has 1 N–H and O–H groups in total. The molecular formula is C18H27N3O2. The van der Waals surface area contributed by atoms with Crippen LogP contribution in [-0.2, 0) is 17.8 Å². The van der Waals surface area contributed by atoms with E-state index in [1.807, 2.05) is 25.1 Å². The monoisotopic (exact) mass is 317 g/mol. The highest BCUT2D eigenvalue weighted by Gasteiger charge is 2.29. The number of furan rings is 1. The van der Waals surface area contributed by atoms with Gasteiger partial charge in [0.25, 0.3) is 0 Å². The fourth-order valence-corrected chi connectivity index (χ4v) is 2.50. The highest BCUT2D eigenvalue weighted by molar-refractivity contribution is 5.39. The molecule has 0 fully saturated rings. The average Bonchev–Trinajstić information content (AvgIpc) is 2.92. The van der Waals surface area contributed by atoms with E-state index in [-0.39, 0.29) is 11.5 Å². The molecule has 2 heterocycles. The first kappa shape index (κ1) is 17.5. The molecule has 0 bridgehead atoms. The summed E-state index contributed by atoms with van der Waals surface area (Å²) in [5.74, 6) is 3.39. The van der Waals surface area contributed by atoms with Gasteiger partial charge in [0.2, 0.25) is 0 Å². The molecule has 0 aromatic carbocycles. The first-order chi connectivity index (χ1) is 10.8. The fraction of sp³-hybridized carbons (Fsp3) is 0.556. The van der Waals surface area contributed by atoms with E-state index in [1.165, 1.54) is 0 Å². The first-order valence-corrected chi connectivity index (χ1v) is 8.02. The van der Waals surface area contributed by atoms with Crippen molar-refractivity contribution in [2.45, 2.75) is 53.7 Å². The lowest BCUT2D eigenvalue weighted by atomic mass is 9.85. The number of hydrogen-bond donors (Lipinski definition) is 1. The molecule has 2 aromatic rings. The molecule has 0 amide bonds. The van der Waals surface area contributed by atoms with Crippen LogP contribution in [0.25, 0.3) is 0 Å². The Morgan fingerprint density at radius 2 is 2.00 bits per heavy atom. The van der Waals surface area contributed by atoms with Gasteiger partial charge in [-0.1, -0.05) is 27.7 Å². The van der Waals surface area contributed by atoms with Crippen LogP contribution in [-0.4, -0.2) is 17.1 Å². The van der Waals surface area contributed by atoms with Gasteiger partial charge in [-0.3, -0.25) is 0 Å². The molecule has 5 heteroatoms. The summed E-state index contributed by atoms with van der Waals surface area (Å²) in [4.78, 5) is 8.92. The van der Waals surface area contributed by atoms with Gasteiger partial charge in [0, 0.05) is 25.3 Å². The summed E-state index contributed by atoms with van der Waals surface area (Å²) in [6.07, 6.45) is 0.890. The van der Waals surface area contributed by atoms with E-state index in [1.54, 1.807) is 7.11 Å². The fourth-order valence-electron chi connectivity index (χ4n) is 2.50. The van der Waals surface area contributed by atoms with Crippen molar-refractivity contribution in [3.8, 4) is 0 Å². The lowest BCUT2D eigenvalue weighted by Crippen LogP contribution is -2.26. The van der Waals surface area contributed by atoms with Gasteiger partial charge < -0.3 is 14.5 Å². The van der Waals surface area contributed by atoms with E-state index in [9.17, 15) is 0 Å². The molecule has 23 heavy (non-hydrogen) atoms. The quantitative estimate of drug-likeness (QED) is 0.861. The van der Waals surface area contributed by atoms with Crippen LogP contribution in [0.1, 0.15) is 56.8 Å². The maximum absolute atomic E-state index is 5.97. The van der Waals surface area contributed by atoms with Gasteiger partial charge >= 0.3 is 0 Å². The number of aryl methyl sites for hydroxylation is 2. The molecular weight excluding hydrogens is 290 g/mol. The van der Waals surface area contributed by atoms with Crippen molar-refractivity contribution < 1.29 is 9.15 Å². The van der Waals surface area contributed by atoms with Crippen LogP contribution in [0.2, 0.25) is 0 Å². The number of anilines is 1. The summed E-state index contributed by atoms with van der Waals surface area (Å²) in [6.45, 7) is 11.0. The number of nitrogens with zero attached hydrogens (tertiary/aromatic N) is 2. The molecule has 126 valence electrons. The maximum Gasteiger partial charge on any atom is 0.156 e. The Kier molecular flexibility index (Phi) is 5.42. The van der Waals surface area contributed by atoms with Crippen LogP contribution >= 0.6 is 0 Å². The van der Waals surface area contributed by atoms with Crippen LogP contribution in [0.5, 0.6) is 0 Å². The second-order valence-corrected chi connectivity index (χ2v) is 6.84. The molecule has 0 saturated heterocycles. The third kappa shape index (κ3) is 4.55. The van der Waals surface area contributed by atoms with Gasteiger partial charge in [0.1, 0.15) is 23.9 Å². The minimum Gasteiger partial charge on any atom is -0.464 e.